The van der Waals surface area contributed by atoms with Gasteiger partial charge in [0.25, 0.3) is 0 Å². The van der Waals surface area contributed by atoms with Crippen LogP contribution in [0.3, 0.4) is 0 Å². The minimum Gasteiger partial charge on any atom is -0.495 e. The monoisotopic (exact) mass is 297 g/mol. The number of nitrogens with one attached hydrogen (secondary N) is 1. The summed E-state index contributed by atoms with van der Waals surface area (Å²) in [6, 6.07) is 4.93. The highest BCUT2D eigenvalue weighted by atomic mass is 32.2. The van der Waals surface area contributed by atoms with Crippen LogP contribution in [0, 0.1) is 11.8 Å². The van der Waals surface area contributed by atoms with Gasteiger partial charge in [-0.05, 0) is 24.6 Å². The highest BCUT2D eigenvalue weighted by Gasteiger charge is 2.13. The summed E-state index contributed by atoms with van der Waals surface area (Å²) >= 11 is 0. The van der Waals surface area contributed by atoms with E-state index in [0.29, 0.717) is 23.4 Å². The molecule has 0 aromatic heterocycles. The molecule has 0 bridgehead atoms. The second-order valence-corrected chi connectivity index (χ2v) is 5.99. The van der Waals surface area contributed by atoms with E-state index < -0.39 is 10.0 Å². The molecule has 110 valence electrons. The zero-order chi connectivity index (χ0) is 15.0. The van der Waals surface area contributed by atoms with Gasteiger partial charge in [-0.3, -0.25) is 4.72 Å². The first kappa shape index (κ1) is 16.3. The summed E-state index contributed by atoms with van der Waals surface area (Å²) in [7, 11) is -1.92. The molecule has 20 heavy (non-hydrogen) atoms. The number of unbranched alkanes of at least 4 members (excludes halogenated alkanes) is 1. The number of hydrogen-bond acceptors (Lipinski definition) is 4. The van der Waals surface area contributed by atoms with Crippen LogP contribution in [0.2, 0.25) is 0 Å². The summed E-state index contributed by atoms with van der Waals surface area (Å²) in [4.78, 5) is 0. The number of aliphatic hydroxyl groups excluding tert-OH is 1. The van der Waals surface area contributed by atoms with Gasteiger partial charge in [-0.25, -0.2) is 8.42 Å². The van der Waals surface area contributed by atoms with Gasteiger partial charge >= 0.3 is 0 Å². The molecule has 0 saturated heterocycles. The summed E-state index contributed by atoms with van der Waals surface area (Å²) in [5.41, 5.74) is 0.960. The van der Waals surface area contributed by atoms with Gasteiger partial charge in [0.05, 0.1) is 18.6 Å². The Kier molecular flexibility index (Phi) is 6.36. The van der Waals surface area contributed by atoms with Crippen molar-refractivity contribution in [1.82, 2.24) is 0 Å². The molecule has 0 heterocycles. The predicted molar refractivity (Wildman–Crippen MR) is 79.3 cm³/mol. The number of methoxy groups -OCH3 is 1. The Bertz CT molecular complexity index is 599. The van der Waals surface area contributed by atoms with Crippen molar-refractivity contribution in [3.05, 3.63) is 23.8 Å². The average Bonchev–Trinajstić information content (AvgIpc) is 2.43. The molecule has 1 rings (SSSR count). The van der Waals surface area contributed by atoms with Crippen LogP contribution in [-0.4, -0.2) is 33.0 Å². The molecule has 0 aliphatic heterocycles. The quantitative estimate of drug-likeness (QED) is 0.782. The number of sulfonamides is 1. The van der Waals surface area contributed by atoms with Crippen LogP contribution in [0.5, 0.6) is 5.75 Å². The van der Waals surface area contributed by atoms with Gasteiger partial charge in [0.1, 0.15) is 12.4 Å². The number of rotatable bonds is 6. The highest BCUT2D eigenvalue weighted by molar-refractivity contribution is 7.92. The van der Waals surface area contributed by atoms with E-state index in [4.69, 9.17) is 9.84 Å². The third-order valence-corrected chi connectivity index (χ3v) is 3.90. The summed E-state index contributed by atoms with van der Waals surface area (Å²) in [5.74, 6) is 5.74. The summed E-state index contributed by atoms with van der Waals surface area (Å²) < 4.78 is 31.5. The van der Waals surface area contributed by atoms with Crippen LogP contribution >= 0.6 is 0 Å². The average molecular weight is 297 g/mol. The molecule has 0 fully saturated rings. The lowest BCUT2D eigenvalue weighted by molar-refractivity contribution is 0.350. The maximum atomic E-state index is 11.9. The summed E-state index contributed by atoms with van der Waals surface area (Å²) in [6.45, 7) is 1.69. The zero-order valence-corrected chi connectivity index (χ0v) is 12.5. The highest BCUT2D eigenvalue weighted by Crippen LogP contribution is 2.26. The number of hydrogen-bond donors (Lipinski definition) is 2. The molecular formula is C14H19NO4S. The van der Waals surface area contributed by atoms with Crippen LogP contribution in [0.1, 0.15) is 25.3 Å². The molecule has 5 nitrogen and oxygen atoms in total. The van der Waals surface area contributed by atoms with Gasteiger partial charge in [-0.15, -0.1) is 0 Å². The predicted octanol–water partition coefficient (Wildman–Crippen LogP) is 1.58. The first-order valence-corrected chi connectivity index (χ1v) is 7.96. The van der Waals surface area contributed by atoms with Crippen LogP contribution < -0.4 is 9.46 Å². The molecular weight excluding hydrogens is 278 g/mol. The Balaban J connectivity index is 3.02. The zero-order valence-electron chi connectivity index (χ0n) is 11.6. The first-order valence-electron chi connectivity index (χ1n) is 6.30. The van der Waals surface area contributed by atoms with E-state index in [9.17, 15) is 8.42 Å². The number of aliphatic hydroxyl groups is 1. The van der Waals surface area contributed by atoms with E-state index in [2.05, 4.69) is 16.6 Å². The molecule has 0 atom stereocenters. The Morgan fingerprint density at radius 3 is 2.75 bits per heavy atom. The first-order chi connectivity index (χ1) is 9.52. The fourth-order valence-corrected chi connectivity index (χ4v) is 2.83. The maximum absolute atomic E-state index is 11.9. The van der Waals surface area contributed by atoms with Crippen molar-refractivity contribution < 1.29 is 18.3 Å². The second kappa shape index (κ2) is 7.78. The van der Waals surface area contributed by atoms with Crippen LogP contribution in [0.15, 0.2) is 18.2 Å². The molecule has 0 aliphatic carbocycles. The van der Waals surface area contributed by atoms with Crippen molar-refractivity contribution in [3.8, 4) is 17.6 Å². The largest absolute Gasteiger partial charge is 0.495 e. The van der Waals surface area contributed by atoms with Crippen LogP contribution in [0.25, 0.3) is 0 Å². The Morgan fingerprint density at radius 2 is 2.15 bits per heavy atom. The number of anilines is 1. The topological polar surface area (TPSA) is 75.6 Å². The maximum Gasteiger partial charge on any atom is 0.232 e. The van der Waals surface area contributed by atoms with E-state index in [0.717, 1.165) is 6.42 Å². The Hall–Kier alpha value is -1.71. The molecule has 0 unspecified atom stereocenters. The minimum absolute atomic E-state index is 0.0687. The van der Waals surface area contributed by atoms with Crippen LogP contribution in [0.4, 0.5) is 5.69 Å². The fraction of sp³-hybridized carbons (Fsp3) is 0.429. The van der Waals surface area contributed by atoms with Crippen molar-refractivity contribution in [2.75, 3.05) is 24.2 Å². The van der Waals surface area contributed by atoms with Crippen molar-refractivity contribution >= 4 is 15.7 Å². The minimum atomic E-state index is -3.39. The molecule has 2 N–H and O–H groups in total. The summed E-state index contributed by atoms with van der Waals surface area (Å²) in [6.07, 6.45) is 1.40. The van der Waals surface area contributed by atoms with Crippen molar-refractivity contribution in [2.24, 2.45) is 0 Å². The third kappa shape index (κ3) is 5.11. The standard InChI is InChI=1S/C14H19NO4S/c1-3-4-10-20(17,18)15-13-11-12(6-5-9-16)7-8-14(13)19-2/h7-8,11,15-16H,3-4,9-10H2,1-2H3. The number of benzene rings is 1. The molecule has 0 radical (unpaired) electrons. The molecule has 6 heteroatoms. The molecule has 0 saturated carbocycles. The van der Waals surface area contributed by atoms with Gasteiger partial charge in [0.15, 0.2) is 0 Å². The van der Waals surface area contributed by atoms with Crippen LogP contribution in [-0.2, 0) is 10.0 Å². The molecule has 1 aromatic rings. The SMILES string of the molecule is CCCCS(=O)(=O)Nc1cc(C#CCO)ccc1OC. The second-order valence-electron chi connectivity index (χ2n) is 4.15. The lowest BCUT2D eigenvalue weighted by Crippen LogP contribution is -2.17. The molecule has 0 aliphatic rings. The van der Waals surface area contributed by atoms with Gasteiger partial charge < -0.3 is 9.84 Å². The molecule has 0 amide bonds. The third-order valence-electron chi connectivity index (χ3n) is 2.54. The smallest absolute Gasteiger partial charge is 0.232 e. The van der Waals surface area contributed by atoms with Gasteiger partial charge in [-0.2, -0.15) is 0 Å². The number of ether oxygens (including phenoxy) is 1. The van der Waals surface area contributed by atoms with Crippen molar-refractivity contribution in [2.45, 2.75) is 19.8 Å². The van der Waals surface area contributed by atoms with E-state index in [-0.39, 0.29) is 12.4 Å². The van der Waals surface area contributed by atoms with E-state index in [1.54, 1.807) is 18.2 Å². The van der Waals surface area contributed by atoms with Gasteiger partial charge in [-0.1, -0.05) is 25.2 Å². The molecule has 1 aromatic carbocycles. The fourth-order valence-electron chi connectivity index (χ4n) is 1.56. The van der Waals surface area contributed by atoms with E-state index in [1.807, 2.05) is 6.92 Å². The lowest BCUT2D eigenvalue weighted by Gasteiger charge is -2.12. The van der Waals surface area contributed by atoms with Gasteiger partial charge in [0.2, 0.25) is 10.0 Å². The van der Waals surface area contributed by atoms with Crippen molar-refractivity contribution in [3.63, 3.8) is 0 Å². The van der Waals surface area contributed by atoms with Gasteiger partial charge in [0, 0.05) is 5.56 Å². The summed E-state index contributed by atoms with van der Waals surface area (Å²) in [5, 5.41) is 8.67. The van der Waals surface area contributed by atoms with Crippen molar-refractivity contribution in [1.29, 1.82) is 0 Å². The molecule has 0 spiro atoms. The Morgan fingerprint density at radius 1 is 1.40 bits per heavy atom. The normalized spacial score (nSPS) is 10.6. The van der Waals surface area contributed by atoms with E-state index >= 15 is 0 Å². The lowest BCUT2D eigenvalue weighted by atomic mass is 10.2. The Labute approximate surface area is 120 Å². The van der Waals surface area contributed by atoms with E-state index in [1.165, 1.54) is 7.11 Å².